The normalized spacial score (nSPS) is 11.6. The van der Waals surface area contributed by atoms with Crippen molar-refractivity contribution >= 4 is 0 Å². The predicted molar refractivity (Wildman–Crippen MR) is 47.8 cm³/mol. The van der Waals surface area contributed by atoms with Crippen LogP contribution in [0.1, 0.15) is 40.0 Å². The zero-order valence-electron chi connectivity index (χ0n) is 7.54. The topological polar surface area (TPSA) is 0 Å². The van der Waals surface area contributed by atoms with Gasteiger partial charge in [0.15, 0.2) is 0 Å². The summed E-state index contributed by atoms with van der Waals surface area (Å²) in [7, 11) is 0. The molecule has 0 saturated carbocycles. The Labute approximate surface area is 65.3 Å². The van der Waals surface area contributed by atoms with Crippen LogP contribution in [0.5, 0.6) is 0 Å². The summed E-state index contributed by atoms with van der Waals surface area (Å²) in [5.74, 6) is 0. The van der Waals surface area contributed by atoms with Crippen LogP contribution >= 0.6 is 0 Å². The Hall–Kier alpha value is -0.260. The second kappa shape index (κ2) is 3.80. The highest BCUT2D eigenvalue weighted by atomic mass is 14.2. The summed E-state index contributed by atoms with van der Waals surface area (Å²) in [4.78, 5) is 0. The van der Waals surface area contributed by atoms with Crippen molar-refractivity contribution in [1.29, 1.82) is 0 Å². The van der Waals surface area contributed by atoms with Gasteiger partial charge in [0.2, 0.25) is 0 Å². The van der Waals surface area contributed by atoms with Crippen LogP contribution in [0.15, 0.2) is 12.2 Å². The molecule has 0 aliphatic carbocycles. The molecule has 0 aliphatic heterocycles. The van der Waals surface area contributed by atoms with Gasteiger partial charge in [0.05, 0.1) is 0 Å². The Morgan fingerprint density at radius 2 is 1.80 bits per heavy atom. The minimum Gasteiger partial charge on any atom is -0.0993 e. The van der Waals surface area contributed by atoms with E-state index in [1.54, 1.807) is 0 Å². The Morgan fingerprint density at radius 3 is 2.10 bits per heavy atom. The molecule has 59 valence electrons. The second-order valence-electron chi connectivity index (χ2n) is 3.81. The lowest BCUT2D eigenvalue weighted by molar-refractivity contribution is 0.480. The van der Waals surface area contributed by atoms with Crippen LogP contribution in [0.4, 0.5) is 0 Å². The van der Waals surface area contributed by atoms with Crippen LogP contribution in [-0.2, 0) is 0 Å². The van der Waals surface area contributed by atoms with Gasteiger partial charge in [-0.2, -0.15) is 0 Å². The van der Waals surface area contributed by atoms with Crippen molar-refractivity contribution in [1.82, 2.24) is 0 Å². The van der Waals surface area contributed by atoms with Gasteiger partial charge in [-0.3, -0.25) is 0 Å². The molecule has 0 heterocycles. The molecule has 0 aromatic rings. The van der Waals surface area contributed by atoms with Crippen LogP contribution in [0.3, 0.4) is 0 Å². The quantitative estimate of drug-likeness (QED) is 0.524. The van der Waals surface area contributed by atoms with Crippen molar-refractivity contribution in [3.8, 4) is 0 Å². The second-order valence-corrected chi connectivity index (χ2v) is 3.81. The third kappa shape index (κ3) is 3.71. The molecule has 0 bridgehead atoms. The van der Waals surface area contributed by atoms with Gasteiger partial charge in [-0.1, -0.05) is 46.3 Å². The first-order valence-electron chi connectivity index (χ1n) is 3.96. The van der Waals surface area contributed by atoms with Crippen molar-refractivity contribution in [3.63, 3.8) is 0 Å². The van der Waals surface area contributed by atoms with E-state index < -0.39 is 0 Å². The van der Waals surface area contributed by atoms with E-state index in [1.165, 1.54) is 12.0 Å². The summed E-state index contributed by atoms with van der Waals surface area (Å²) in [5, 5.41) is 0. The van der Waals surface area contributed by atoms with Crippen molar-refractivity contribution in [2.75, 3.05) is 0 Å². The van der Waals surface area contributed by atoms with Crippen molar-refractivity contribution in [3.05, 3.63) is 19.1 Å². The lowest BCUT2D eigenvalue weighted by Crippen LogP contribution is -2.07. The smallest absolute Gasteiger partial charge is 0.0176 e. The van der Waals surface area contributed by atoms with Crippen LogP contribution in [-0.4, -0.2) is 0 Å². The van der Waals surface area contributed by atoms with E-state index in [-0.39, 0.29) is 5.41 Å². The molecule has 1 radical (unpaired) electrons. The van der Waals surface area contributed by atoms with Crippen molar-refractivity contribution < 1.29 is 0 Å². The van der Waals surface area contributed by atoms with Gasteiger partial charge in [-0.15, -0.1) is 0 Å². The van der Waals surface area contributed by atoms with Gasteiger partial charge >= 0.3 is 0 Å². The molecule has 0 N–H and O–H groups in total. The summed E-state index contributed by atoms with van der Waals surface area (Å²) in [6, 6.07) is 0. The van der Waals surface area contributed by atoms with Gasteiger partial charge in [0.1, 0.15) is 0 Å². The number of allylic oxidation sites excluding steroid dienone is 1. The molecule has 0 heteroatoms. The molecule has 0 aromatic carbocycles. The lowest BCUT2D eigenvalue weighted by atomic mass is 9.85. The number of rotatable bonds is 3. The molecule has 0 amide bonds. The van der Waals surface area contributed by atoms with E-state index in [1.807, 2.05) is 0 Å². The SMILES string of the molecule is [CH2]CCCC(=C)C(C)(C)C. The highest BCUT2D eigenvalue weighted by molar-refractivity contribution is 5.04. The molecule has 0 saturated heterocycles. The number of hydrogen-bond donors (Lipinski definition) is 0. The van der Waals surface area contributed by atoms with Crippen LogP contribution in [0.25, 0.3) is 0 Å². The summed E-state index contributed by atoms with van der Waals surface area (Å²) in [6.07, 6.45) is 3.33. The summed E-state index contributed by atoms with van der Waals surface area (Å²) < 4.78 is 0. The van der Waals surface area contributed by atoms with E-state index in [9.17, 15) is 0 Å². The molecule has 0 fully saturated rings. The molecule has 0 nitrogen and oxygen atoms in total. The van der Waals surface area contributed by atoms with Crippen LogP contribution in [0.2, 0.25) is 0 Å². The molecule has 10 heavy (non-hydrogen) atoms. The molecule has 0 aromatic heterocycles. The maximum Gasteiger partial charge on any atom is -0.0176 e. The maximum absolute atomic E-state index is 4.04. The molecule has 0 aliphatic rings. The number of unbranched alkanes of at least 4 members (excludes halogenated alkanes) is 1. The molecule has 0 spiro atoms. The van der Waals surface area contributed by atoms with Gasteiger partial charge < -0.3 is 0 Å². The minimum atomic E-state index is 0.287. The standard InChI is InChI=1S/C10H19/c1-6-7-8-9(2)10(3,4)5/h1-2,6-8H2,3-5H3. The fourth-order valence-electron chi connectivity index (χ4n) is 0.713. The Bertz CT molecular complexity index is 104. The highest BCUT2D eigenvalue weighted by Crippen LogP contribution is 2.27. The van der Waals surface area contributed by atoms with E-state index in [0.717, 1.165) is 12.8 Å². The van der Waals surface area contributed by atoms with Gasteiger partial charge in [-0.25, -0.2) is 0 Å². The number of hydrogen-bond acceptors (Lipinski definition) is 0. The first-order valence-corrected chi connectivity index (χ1v) is 3.96. The van der Waals surface area contributed by atoms with Crippen LogP contribution < -0.4 is 0 Å². The van der Waals surface area contributed by atoms with E-state index >= 15 is 0 Å². The predicted octanol–water partition coefficient (Wildman–Crippen LogP) is 3.59. The molecule has 0 atom stereocenters. The van der Waals surface area contributed by atoms with Crippen LogP contribution in [0, 0.1) is 12.3 Å². The van der Waals surface area contributed by atoms with Gasteiger partial charge in [0.25, 0.3) is 0 Å². The fraction of sp³-hybridized carbons (Fsp3) is 0.700. The van der Waals surface area contributed by atoms with Crippen molar-refractivity contribution in [2.24, 2.45) is 5.41 Å². The monoisotopic (exact) mass is 139 g/mol. The molecular formula is C10H19. The zero-order valence-corrected chi connectivity index (χ0v) is 7.54. The van der Waals surface area contributed by atoms with E-state index in [4.69, 9.17) is 0 Å². The highest BCUT2D eigenvalue weighted by Gasteiger charge is 2.13. The third-order valence-corrected chi connectivity index (χ3v) is 1.79. The van der Waals surface area contributed by atoms with E-state index in [2.05, 4.69) is 34.3 Å². The fourth-order valence-corrected chi connectivity index (χ4v) is 0.713. The average Bonchev–Trinajstić information content (AvgIpc) is 1.80. The summed E-state index contributed by atoms with van der Waals surface area (Å²) in [6.45, 7) is 14.5. The molecule has 0 unspecified atom stereocenters. The Kier molecular flexibility index (Phi) is 3.70. The average molecular weight is 139 g/mol. The van der Waals surface area contributed by atoms with E-state index in [0.29, 0.717) is 0 Å². The Morgan fingerprint density at radius 1 is 1.30 bits per heavy atom. The zero-order chi connectivity index (χ0) is 8.20. The third-order valence-electron chi connectivity index (χ3n) is 1.79. The summed E-state index contributed by atoms with van der Waals surface area (Å²) in [5.41, 5.74) is 1.63. The molecular weight excluding hydrogens is 120 g/mol. The maximum atomic E-state index is 4.04. The first kappa shape index (κ1) is 9.74. The van der Waals surface area contributed by atoms with Gasteiger partial charge in [0, 0.05) is 0 Å². The first-order chi connectivity index (χ1) is 4.48. The van der Waals surface area contributed by atoms with Crippen molar-refractivity contribution in [2.45, 2.75) is 40.0 Å². The largest absolute Gasteiger partial charge is 0.0993 e. The minimum absolute atomic E-state index is 0.287. The Balaban J connectivity index is 3.64. The lowest BCUT2D eigenvalue weighted by Gasteiger charge is -2.21. The summed E-state index contributed by atoms with van der Waals surface area (Å²) >= 11 is 0. The molecule has 0 rings (SSSR count). The van der Waals surface area contributed by atoms with Gasteiger partial charge in [-0.05, 0) is 18.3 Å².